The van der Waals surface area contributed by atoms with Gasteiger partial charge in [-0.1, -0.05) is 23.7 Å². The largest absolute Gasteiger partial charge is 0.574 e. The van der Waals surface area contributed by atoms with Gasteiger partial charge in [0, 0.05) is 38.1 Å². The number of aromatic nitrogens is 4. The first-order valence-corrected chi connectivity index (χ1v) is 12.6. The van der Waals surface area contributed by atoms with E-state index in [9.17, 15) is 18.0 Å². The Hall–Kier alpha value is -3.74. The summed E-state index contributed by atoms with van der Waals surface area (Å²) in [7, 11) is 0. The van der Waals surface area contributed by atoms with E-state index in [0.717, 1.165) is 23.1 Å². The summed E-state index contributed by atoms with van der Waals surface area (Å²) in [5.74, 6) is -1.13. The molecule has 9 nitrogen and oxygen atoms in total. The van der Waals surface area contributed by atoms with Crippen LogP contribution >= 0.6 is 11.6 Å². The van der Waals surface area contributed by atoms with Crippen LogP contribution in [0.4, 0.5) is 13.2 Å². The zero-order valence-electron chi connectivity index (χ0n) is 20.4. The Kier molecular flexibility index (Phi) is 6.61. The van der Waals surface area contributed by atoms with Crippen molar-refractivity contribution in [1.82, 2.24) is 29.2 Å². The Bertz CT molecular complexity index is 1500. The minimum Gasteiger partial charge on any atom is -0.388 e. The van der Waals surface area contributed by atoms with E-state index >= 15 is 0 Å². The number of pyridine rings is 3. The standard InChI is InChI=1S/C26H22ClF3N6O3/c27-16-7-8-19(31-10-16)24-21(35-9-2-1-5-22(35)33-24)13-34-11-17-14-38-15-18(12-34)36(17)25(37)20-4-3-6-23(32-20)39-26(28,29)30/h1-10,17-18H,11-15H2. The number of nitrogens with zero attached hydrogens (tertiary/aromatic N) is 6. The van der Waals surface area contributed by atoms with Crippen LogP contribution in [0.3, 0.4) is 0 Å². The number of rotatable bonds is 5. The van der Waals surface area contributed by atoms with E-state index in [-0.39, 0.29) is 17.8 Å². The molecule has 13 heteroatoms. The number of piperazine rings is 1. The molecule has 0 saturated carbocycles. The summed E-state index contributed by atoms with van der Waals surface area (Å²) >= 11 is 6.05. The lowest BCUT2D eigenvalue weighted by Gasteiger charge is -2.49. The Morgan fingerprint density at radius 3 is 2.56 bits per heavy atom. The fraction of sp³-hybridized carbons (Fsp3) is 0.308. The van der Waals surface area contributed by atoms with Crippen LogP contribution in [0.2, 0.25) is 5.02 Å². The molecule has 2 aliphatic rings. The van der Waals surface area contributed by atoms with Gasteiger partial charge >= 0.3 is 6.36 Å². The Balaban J connectivity index is 1.25. The SMILES string of the molecule is O=C(c1cccc(OC(F)(F)F)n1)N1C2COCC1CN(Cc1c(-c3ccc(Cl)cn3)nc3ccccn13)C2. The third kappa shape index (κ3) is 5.27. The van der Waals surface area contributed by atoms with E-state index in [2.05, 4.69) is 19.6 Å². The Morgan fingerprint density at radius 1 is 1.05 bits per heavy atom. The van der Waals surface area contributed by atoms with Gasteiger partial charge in [0.15, 0.2) is 0 Å². The monoisotopic (exact) mass is 558 g/mol. The molecule has 0 radical (unpaired) electrons. The van der Waals surface area contributed by atoms with Gasteiger partial charge in [0.2, 0.25) is 5.88 Å². The van der Waals surface area contributed by atoms with E-state index in [1.807, 2.05) is 34.9 Å². The second kappa shape index (κ2) is 10.1. The molecule has 0 N–H and O–H groups in total. The van der Waals surface area contributed by atoms with Gasteiger partial charge < -0.3 is 18.8 Å². The van der Waals surface area contributed by atoms with Gasteiger partial charge in [-0.3, -0.25) is 14.7 Å². The molecule has 202 valence electrons. The second-order valence-electron chi connectivity index (χ2n) is 9.36. The number of imidazole rings is 1. The van der Waals surface area contributed by atoms with Crippen molar-refractivity contribution in [2.75, 3.05) is 26.3 Å². The van der Waals surface area contributed by atoms with Crippen LogP contribution in [0, 0.1) is 0 Å². The summed E-state index contributed by atoms with van der Waals surface area (Å²) in [6.45, 7) is 2.13. The van der Waals surface area contributed by atoms with Crippen LogP contribution in [0.1, 0.15) is 16.2 Å². The molecule has 6 heterocycles. The van der Waals surface area contributed by atoms with E-state index in [4.69, 9.17) is 21.3 Å². The fourth-order valence-corrected chi connectivity index (χ4v) is 5.30. The van der Waals surface area contributed by atoms with E-state index in [1.54, 1.807) is 17.2 Å². The number of amides is 1. The summed E-state index contributed by atoms with van der Waals surface area (Å²) in [5.41, 5.74) is 3.05. The third-order valence-electron chi connectivity index (χ3n) is 6.71. The highest BCUT2D eigenvalue weighted by molar-refractivity contribution is 6.30. The van der Waals surface area contributed by atoms with Gasteiger partial charge in [-0.05, 0) is 30.3 Å². The molecule has 2 bridgehead atoms. The van der Waals surface area contributed by atoms with Crippen molar-refractivity contribution in [2.45, 2.75) is 25.0 Å². The van der Waals surface area contributed by atoms with Crippen molar-refractivity contribution in [3.05, 3.63) is 77.3 Å². The molecular formula is C26H22ClF3N6O3. The molecule has 39 heavy (non-hydrogen) atoms. The molecule has 4 aromatic rings. The molecule has 2 fully saturated rings. The summed E-state index contributed by atoms with van der Waals surface area (Å²) < 4.78 is 49.7. The maximum absolute atomic E-state index is 13.4. The van der Waals surface area contributed by atoms with Gasteiger partial charge in [0.05, 0.1) is 41.7 Å². The lowest BCUT2D eigenvalue weighted by Crippen LogP contribution is -2.66. The Labute approximate surface area is 225 Å². The summed E-state index contributed by atoms with van der Waals surface area (Å²) in [6.07, 6.45) is -1.37. The van der Waals surface area contributed by atoms with E-state index < -0.39 is 18.1 Å². The molecule has 0 spiro atoms. The number of carbonyl (C=O) groups is 1. The van der Waals surface area contributed by atoms with Crippen molar-refractivity contribution in [3.63, 3.8) is 0 Å². The maximum atomic E-state index is 13.4. The number of halogens is 4. The minimum atomic E-state index is -4.90. The van der Waals surface area contributed by atoms with Crippen LogP contribution in [-0.2, 0) is 11.3 Å². The second-order valence-corrected chi connectivity index (χ2v) is 9.79. The molecule has 1 amide bonds. The van der Waals surface area contributed by atoms with Gasteiger partial charge in [0.1, 0.15) is 17.0 Å². The van der Waals surface area contributed by atoms with Crippen molar-refractivity contribution in [1.29, 1.82) is 0 Å². The van der Waals surface area contributed by atoms with Gasteiger partial charge in [0.25, 0.3) is 5.91 Å². The van der Waals surface area contributed by atoms with Crippen molar-refractivity contribution in [2.24, 2.45) is 0 Å². The van der Waals surface area contributed by atoms with Crippen LogP contribution in [0.15, 0.2) is 60.9 Å². The molecule has 4 aromatic heterocycles. The molecule has 0 aliphatic carbocycles. The van der Waals surface area contributed by atoms with E-state index in [0.29, 0.717) is 43.6 Å². The van der Waals surface area contributed by atoms with Crippen LogP contribution < -0.4 is 4.74 Å². The van der Waals surface area contributed by atoms with Crippen LogP contribution in [0.25, 0.3) is 17.0 Å². The maximum Gasteiger partial charge on any atom is 0.574 e. The van der Waals surface area contributed by atoms with Crippen molar-refractivity contribution in [3.8, 4) is 17.3 Å². The highest BCUT2D eigenvalue weighted by atomic mass is 35.5. The molecule has 2 unspecified atom stereocenters. The van der Waals surface area contributed by atoms with Gasteiger partial charge in [-0.25, -0.2) is 9.97 Å². The number of alkyl halides is 3. The predicted molar refractivity (Wildman–Crippen MR) is 134 cm³/mol. The summed E-state index contributed by atoms with van der Waals surface area (Å²) in [4.78, 5) is 30.4. The van der Waals surface area contributed by atoms with Crippen molar-refractivity contribution < 1.29 is 27.4 Å². The van der Waals surface area contributed by atoms with Gasteiger partial charge in [-0.15, -0.1) is 13.2 Å². The molecule has 6 rings (SSSR count). The Morgan fingerprint density at radius 2 is 1.85 bits per heavy atom. The number of hydrogen-bond acceptors (Lipinski definition) is 7. The smallest absolute Gasteiger partial charge is 0.388 e. The topological polar surface area (TPSA) is 85.1 Å². The molecular weight excluding hydrogens is 537 g/mol. The number of fused-ring (bicyclic) bond motifs is 3. The lowest BCUT2D eigenvalue weighted by molar-refractivity contribution is -0.276. The normalized spacial score (nSPS) is 19.8. The average Bonchev–Trinajstić information content (AvgIpc) is 3.25. The zero-order valence-corrected chi connectivity index (χ0v) is 21.1. The average molecular weight is 559 g/mol. The number of carbonyl (C=O) groups excluding carboxylic acids is 1. The highest BCUT2D eigenvalue weighted by Gasteiger charge is 2.42. The predicted octanol–water partition coefficient (Wildman–Crippen LogP) is 4.07. The first kappa shape index (κ1) is 25.5. The highest BCUT2D eigenvalue weighted by Crippen LogP contribution is 2.29. The number of morpholine rings is 1. The minimum absolute atomic E-state index is 0.111. The van der Waals surface area contributed by atoms with Crippen LogP contribution in [0.5, 0.6) is 5.88 Å². The van der Waals surface area contributed by atoms with Crippen LogP contribution in [-0.4, -0.2) is 79.8 Å². The number of ether oxygens (including phenoxy) is 2. The fourth-order valence-electron chi connectivity index (χ4n) is 5.18. The lowest BCUT2D eigenvalue weighted by atomic mass is 10.0. The van der Waals surface area contributed by atoms with Crippen molar-refractivity contribution >= 4 is 23.2 Å². The molecule has 0 aromatic carbocycles. The summed E-state index contributed by atoms with van der Waals surface area (Å²) in [6, 6.07) is 12.5. The first-order valence-electron chi connectivity index (χ1n) is 12.2. The first-order chi connectivity index (χ1) is 18.7. The molecule has 2 atom stereocenters. The van der Waals surface area contributed by atoms with E-state index in [1.165, 1.54) is 12.1 Å². The third-order valence-corrected chi connectivity index (χ3v) is 6.94. The molecule has 2 saturated heterocycles. The molecule has 2 aliphatic heterocycles. The summed E-state index contributed by atoms with van der Waals surface area (Å²) in [5, 5.41) is 0.530. The zero-order chi connectivity index (χ0) is 27.1. The van der Waals surface area contributed by atoms with Gasteiger partial charge in [-0.2, -0.15) is 0 Å². The number of hydrogen-bond donors (Lipinski definition) is 0. The quantitative estimate of drug-likeness (QED) is 0.365.